The van der Waals surface area contributed by atoms with Crippen molar-refractivity contribution in [3.8, 4) is 11.5 Å². The minimum Gasteiger partial charge on any atom is -0.496 e. The maximum absolute atomic E-state index is 12.2. The zero-order chi connectivity index (χ0) is 20.9. The Kier molecular flexibility index (Phi) is 7.11. The number of methoxy groups -OCH3 is 1. The molecule has 0 bridgehead atoms. The van der Waals surface area contributed by atoms with E-state index in [9.17, 15) is 13.2 Å². The molecule has 0 aromatic heterocycles. The van der Waals surface area contributed by atoms with Crippen LogP contribution in [0.5, 0.6) is 11.5 Å². The summed E-state index contributed by atoms with van der Waals surface area (Å²) >= 11 is 5.93. The zero-order valence-corrected chi connectivity index (χ0v) is 17.2. The average molecular weight is 429 g/mol. The Balaban J connectivity index is 1.91. The van der Waals surface area contributed by atoms with Gasteiger partial charge in [0.2, 0.25) is 10.0 Å². The number of ether oxygens (including phenoxy) is 3. The molecule has 2 aromatic rings. The fourth-order valence-corrected chi connectivity index (χ4v) is 3.25. The van der Waals surface area contributed by atoms with Crippen molar-refractivity contribution < 1.29 is 27.4 Å². The first-order valence-corrected chi connectivity index (χ1v) is 9.94. The van der Waals surface area contributed by atoms with Gasteiger partial charge in [-0.25, -0.2) is 17.5 Å². The number of nitrogen functional groups attached to an aromatic ring is 1. The van der Waals surface area contributed by atoms with Crippen molar-refractivity contribution in [2.24, 2.45) is 0 Å². The number of hydrogen-bond acceptors (Lipinski definition) is 7. The summed E-state index contributed by atoms with van der Waals surface area (Å²) in [5, 5.41) is 0.219. The van der Waals surface area contributed by atoms with Gasteiger partial charge in [0.05, 0.1) is 22.7 Å². The van der Waals surface area contributed by atoms with Gasteiger partial charge < -0.3 is 19.9 Å². The van der Waals surface area contributed by atoms with E-state index in [4.69, 9.17) is 31.5 Å². The maximum atomic E-state index is 12.2. The highest BCUT2D eigenvalue weighted by atomic mass is 35.5. The van der Waals surface area contributed by atoms with Crippen LogP contribution in [0.25, 0.3) is 0 Å². The molecule has 0 aliphatic heterocycles. The lowest BCUT2D eigenvalue weighted by Crippen LogP contribution is -2.22. The molecule has 0 saturated heterocycles. The number of halogens is 1. The monoisotopic (exact) mass is 428 g/mol. The normalized spacial score (nSPS) is 11.3. The molecular formula is C18H21ClN2O6S. The minimum atomic E-state index is -3.50. The third-order valence-electron chi connectivity index (χ3n) is 3.73. The predicted molar refractivity (Wildman–Crippen MR) is 106 cm³/mol. The van der Waals surface area contributed by atoms with Gasteiger partial charge in [-0.3, -0.25) is 0 Å². The standard InChI is InChI=1S/C18H21ClN2O6S/c1-21(2)28(23,24)13-6-4-12(5-7-13)26-8-9-27-18(22)14-10-15(19)16(20)11-17(14)25-3/h4-7,10-11H,8-9,20H2,1-3H3. The average Bonchev–Trinajstić information content (AvgIpc) is 2.67. The van der Waals surface area contributed by atoms with E-state index in [1.165, 1.54) is 57.6 Å². The van der Waals surface area contributed by atoms with Crippen LogP contribution in [0.15, 0.2) is 41.3 Å². The van der Waals surface area contributed by atoms with E-state index in [0.717, 1.165) is 4.31 Å². The van der Waals surface area contributed by atoms with Crippen molar-refractivity contribution in [1.29, 1.82) is 0 Å². The Morgan fingerprint density at radius 3 is 2.36 bits per heavy atom. The predicted octanol–water partition coefficient (Wildman–Crippen LogP) is 2.42. The smallest absolute Gasteiger partial charge is 0.342 e. The largest absolute Gasteiger partial charge is 0.496 e. The molecule has 2 aromatic carbocycles. The number of carbonyl (C=O) groups excluding carboxylic acids is 1. The van der Waals surface area contributed by atoms with E-state index in [0.29, 0.717) is 5.75 Å². The van der Waals surface area contributed by atoms with E-state index in [2.05, 4.69) is 0 Å². The molecule has 0 spiro atoms. The number of hydrogen-bond donors (Lipinski definition) is 1. The van der Waals surface area contributed by atoms with Crippen LogP contribution in [0.2, 0.25) is 5.02 Å². The molecule has 0 saturated carbocycles. The summed E-state index contributed by atoms with van der Waals surface area (Å²) in [5.41, 5.74) is 6.12. The molecule has 28 heavy (non-hydrogen) atoms. The minimum absolute atomic E-state index is 0.0261. The summed E-state index contributed by atoms with van der Waals surface area (Å²) < 4.78 is 40.9. The van der Waals surface area contributed by atoms with Gasteiger partial charge in [-0.2, -0.15) is 0 Å². The Bertz CT molecular complexity index is 945. The van der Waals surface area contributed by atoms with Crippen molar-refractivity contribution in [1.82, 2.24) is 4.31 Å². The van der Waals surface area contributed by atoms with E-state index < -0.39 is 16.0 Å². The van der Waals surface area contributed by atoms with Crippen LogP contribution >= 0.6 is 11.6 Å². The van der Waals surface area contributed by atoms with E-state index in [1.807, 2.05) is 0 Å². The molecule has 2 rings (SSSR count). The van der Waals surface area contributed by atoms with Crippen LogP contribution in [0.3, 0.4) is 0 Å². The number of nitrogens with two attached hydrogens (primary N) is 1. The molecule has 0 unspecified atom stereocenters. The molecular weight excluding hydrogens is 408 g/mol. The first-order valence-electron chi connectivity index (χ1n) is 8.12. The third kappa shape index (κ3) is 5.06. The van der Waals surface area contributed by atoms with Gasteiger partial charge in [0, 0.05) is 20.2 Å². The van der Waals surface area contributed by atoms with Crippen LogP contribution in [0.4, 0.5) is 5.69 Å². The quantitative estimate of drug-likeness (QED) is 0.390. The lowest BCUT2D eigenvalue weighted by molar-refractivity contribution is 0.0447. The molecule has 0 fully saturated rings. The van der Waals surface area contributed by atoms with Crippen molar-refractivity contribution in [3.05, 3.63) is 47.0 Å². The lowest BCUT2D eigenvalue weighted by Gasteiger charge is -2.13. The Morgan fingerprint density at radius 1 is 1.14 bits per heavy atom. The van der Waals surface area contributed by atoms with Gasteiger partial charge in [0.15, 0.2) is 0 Å². The van der Waals surface area contributed by atoms with Gasteiger partial charge in [-0.15, -0.1) is 0 Å². The van der Waals surface area contributed by atoms with Gasteiger partial charge in [-0.1, -0.05) is 11.6 Å². The zero-order valence-electron chi connectivity index (χ0n) is 15.6. The van der Waals surface area contributed by atoms with Gasteiger partial charge >= 0.3 is 5.97 Å². The van der Waals surface area contributed by atoms with Crippen LogP contribution in [-0.2, 0) is 14.8 Å². The van der Waals surface area contributed by atoms with Crippen LogP contribution in [-0.4, -0.2) is 53.1 Å². The second-order valence-corrected chi connectivity index (χ2v) is 8.38. The number of benzene rings is 2. The Labute approximate surface area is 168 Å². The molecule has 0 aliphatic carbocycles. The number of sulfonamides is 1. The number of carbonyl (C=O) groups is 1. The molecule has 10 heteroatoms. The summed E-state index contributed by atoms with van der Waals surface area (Å²) in [6.07, 6.45) is 0. The second-order valence-electron chi connectivity index (χ2n) is 5.82. The first kappa shape index (κ1) is 21.8. The molecule has 2 N–H and O–H groups in total. The first-order chi connectivity index (χ1) is 13.2. The van der Waals surface area contributed by atoms with Crippen LogP contribution in [0.1, 0.15) is 10.4 Å². The highest BCUT2D eigenvalue weighted by Crippen LogP contribution is 2.29. The van der Waals surface area contributed by atoms with Gasteiger partial charge in [0.1, 0.15) is 30.3 Å². The summed E-state index contributed by atoms with van der Waals surface area (Å²) in [6, 6.07) is 8.76. The van der Waals surface area contributed by atoms with Crippen LogP contribution < -0.4 is 15.2 Å². The molecule has 0 aliphatic rings. The van der Waals surface area contributed by atoms with E-state index in [-0.39, 0.29) is 40.1 Å². The molecule has 8 nitrogen and oxygen atoms in total. The summed E-state index contributed by atoms with van der Waals surface area (Å²) in [5.74, 6) is 0.0714. The number of anilines is 1. The van der Waals surface area contributed by atoms with Gasteiger partial charge in [0.25, 0.3) is 0 Å². The van der Waals surface area contributed by atoms with Crippen molar-refractivity contribution in [3.63, 3.8) is 0 Å². The maximum Gasteiger partial charge on any atom is 0.342 e. The fraction of sp³-hybridized carbons (Fsp3) is 0.278. The van der Waals surface area contributed by atoms with Gasteiger partial charge in [-0.05, 0) is 30.3 Å². The summed E-state index contributed by atoms with van der Waals surface area (Å²) in [4.78, 5) is 12.3. The SMILES string of the molecule is COc1cc(N)c(Cl)cc1C(=O)OCCOc1ccc(S(=O)(=O)N(C)C)cc1. The molecule has 0 radical (unpaired) electrons. The Morgan fingerprint density at radius 2 is 1.79 bits per heavy atom. The van der Waals surface area contributed by atoms with Crippen molar-refractivity contribution >= 4 is 33.3 Å². The number of rotatable bonds is 8. The molecule has 0 heterocycles. The number of esters is 1. The van der Waals surface area contributed by atoms with Crippen LogP contribution in [0, 0.1) is 0 Å². The molecule has 0 amide bonds. The van der Waals surface area contributed by atoms with E-state index in [1.54, 1.807) is 0 Å². The van der Waals surface area contributed by atoms with E-state index >= 15 is 0 Å². The lowest BCUT2D eigenvalue weighted by atomic mass is 10.2. The highest BCUT2D eigenvalue weighted by Gasteiger charge is 2.18. The Hall–Kier alpha value is -2.49. The molecule has 0 atom stereocenters. The van der Waals surface area contributed by atoms with Crippen molar-refractivity contribution in [2.45, 2.75) is 4.90 Å². The molecule has 152 valence electrons. The number of nitrogens with zero attached hydrogens (tertiary/aromatic N) is 1. The highest BCUT2D eigenvalue weighted by molar-refractivity contribution is 7.89. The fourth-order valence-electron chi connectivity index (χ4n) is 2.19. The van der Waals surface area contributed by atoms with Crippen molar-refractivity contribution in [2.75, 3.05) is 40.2 Å². The summed E-state index contributed by atoms with van der Waals surface area (Å²) in [6.45, 7) is 0.0538. The third-order valence-corrected chi connectivity index (χ3v) is 5.88. The topological polar surface area (TPSA) is 108 Å². The second kappa shape index (κ2) is 9.13. The summed E-state index contributed by atoms with van der Waals surface area (Å²) in [7, 11) is 0.820.